The maximum atomic E-state index is 10.9. The molecule has 0 radical (unpaired) electrons. The standard InChI is InChI=1S/C40H66N2O6/c1-36(2)32-9-7-27-29-20-31-28(6-8-30(47-31)35(43)37(3,4)44)38(29,5)14-15-39(27)24-40(32,39)13-10-33(36)48-34-21-42(18-19-46-34)25-11-16-41(17-12-25)26-22-45-23-26/h25-35,43-44H,6-24H2,1-5H3. The van der Waals surface area contributed by atoms with Gasteiger partial charge in [0.05, 0.1) is 49.8 Å². The Labute approximate surface area is 289 Å². The SMILES string of the molecule is CC(C)(O)C(O)C1CCC2C(CC3C4CCC5C(C)(C)C(OC6CN(C7CCN(C8COC8)CC7)CCO6)CCC56CC46CCC23C)O1. The van der Waals surface area contributed by atoms with Crippen molar-refractivity contribution in [1.29, 1.82) is 0 Å². The van der Waals surface area contributed by atoms with E-state index in [9.17, 15) is 10.2 Å². The third-order valence-corrected chi connectivity index (χ3v) is 17.2. The van der Waals surface area contributed by atoms with Crippen LogP contribution in [-0.4, -0.2) is 114 Å². The number of likely N-dealkylation sites (tertiary alicyclic amines) is 1. The van der Waals surface area contributed by atoms with Crippen molar-refractivity contribution in [2.45, 2.75) is 160 Å². The monoisotopic (exact) mass is 670 g/mol. The summed E-state index contributed by atoms with van der Waals surface area (Å²) in [6, 6.07) is 1.31. The molecule has 8 heteroatoms. The molecule has 0 aromatic heterocycles. The van der Waals surface area contributed by atoms with Crippen LogP contribution in [-0.2, 0) is 18.9 Å². The molecule has 0 aromatic rings. The maximum Gasteiger partial charge on any atom is 0.170 e. The number of hydrogen-bond donors (Lipinski definition) is 2. The molecule has 2 spiro atoms. The third kappa shape index (κ3) is 4.95. The number of morpholine rings is 1. The van der Waals surface area contributed by atoms with Crippen LogP contribution in [0.4, 0.5) is 0 Å². The van der Waals surface area contributed by atoms with Crippen LogP contribution in [0, 0.1) is 45.3 Å². The van der Waals surface area contributed by atoms with E-state index < -0.39 is 11.7 Å². The van der Waals surface area contributed by atoms with E-state index >= 15 is 0 Å². The Morgan fingerprint density at radius 1 is 0.812 bits per heavy atom. The molecule has 2 N–H and O–H groups in total. The smallest absolute Gasteiger partial charge is 0.170 e. The van der Waals surface area contributed by atoms with Crippen molar-refractivity contribution in [1.82, 2.24) is 9.80 Å². The Balaban J connectivity index is 0.848. The van der Waals surface area contributed by atoms with Crippen LogP contribution in [0.1, 0.15) is 112 Å². The Morgan fingerprint density at radius 3 is 2.31 bits per heavy atom. The molecule has 12 unspecified atom stereocenters. The van der Waals surface area contributed by atoms with Crippen LogP contribution in [0.3, 0.4) is 0 Å². The van der Waals surface area contributed by atoms with Gasteiger partial charge in [-0.1, -0.05) is 20.8 Å². The summed E-state index contributed by atoms with van der Waals surface area (Å²) in [5.74, 6) is 2.87. The molecule has 4 heterocycles. The molecule has 5 aliphatic carbocycles. The number of ether oxygens (including phenoxy) is 4. The Morgan fingerprint density at radius 2 is 1.58 bits per heavy atom. The normalized spacial score (nSPS) is 50.3. The lowest BCUT2D eigenvalue weighted by atomic mass is 9.46. The zero-order chi connectivity index (χ0) is 33.3. The van der Waals surface area contributed by atoms with Gasteiger partial charge in [0, 0.05) is 32.2 Å². The molecule has 4 aliphatic heterocycles. The van der Waals surface area contributed by atoms with Crippen LogP contribution in [0.5, 0.6) is 0 Å². The van der Waals surface area contributed by atoms with Gasteiger partial charge in [-0.15, -0.1) is 0 Å². The summed E-state index contributed by atoms with van der Waals surface area (Å²) in [4.78, 5) is 5.34. The number of rotatable bonds is 6. The second-order valence-electron chi connectivity index (χ2n) is 19.8. The van der Waals surface area contributed by atoms with Crippen molar-refractivity contribution in [3.8, 4) is 0 Å². The third-order valence-electron chi connectivity index (χ3n) is 17.2. The van der Waals surface area contributed by atoms with E-state index in [4.69, 9.17) is 18.9 Å². The first-order valence-electron chi connectivity index (χ1n) is 20.2. The van der Waals surface area contributed by atoms with Crippen LogP contribution in [0.15, 0.2) is 0 Å². The molecule has 0 bridgehead atoms. The summed E-state index contributed by atoms with van der Waals surface area (Å²) in [7, 11) is 0. The summed E-state index contributed by atoms with van der Waals surface area (Å²) in [6.45, 7) is 18.1. The fourth-order valence-corrected chi connectivity index (χ4v) is 14.5. The summed E-state index contributed by atoms with van der Waals surface area (Å²) in [6.07, 6.45) is 14.4. The molecule has 9 fully saturated rings. The number of fused-ring (bicyclic) bond motifs is 4. The van der Waals surface area contributed by atoms with Crippen molar-refractivity contribution in [2.75, 3.05) is 46.0 Å². The van der Waals surface area contributed by atoms with E-state index in [0.29, 0.717) is 34.2 Å². The first-order valence-corrected chi connectivity index (χ1v) is 20.2. The van der Waals surface area contributed by atoms with E-state index in [1.54, 1.807) is 13.8 Å². The fourth-order valence-electron chi connectivity index (χ4n) is 14.5. The molecule has 12 atom stereocenters. The van der Waals surface area contributed by atoms with Gasteiger partial charge >= 0.3 is 0 Å². The second-order valence-corrected chi connectivity index (χ2v) is 19.8. The molecule has 272 valence electrons. The van der Waals surface area contributed by atoms with Gasteiger partial charge in [0.1, 0.15) is 6.10 Å². The summed E-state index contributed by atoms with van der Waals surface area (Å²) >= 11 is 0. The highest BCUT2D eigenvalue weighted by Gasteiger charge is 2.80. The van der Waals surface area contributed by atoms with Crippen LogP contribution >= 0.6 is 0 Å². The van der Waals surface area contributed by atoms with Gasteiger partial charge in [-0.05, 0) is 136 Å². The summed E-state index contributed by atoms with van der Waals surface area (Å²) in [5, 5.41) is 21.4. The topological polar surface area (TPSA) is 83.9 Å². The highest BCUT2D eigenvalue weighted by Crippen LogP contribution is 2.87. The summed E-state index contributed by atoms with van der Waals surface area (Å²) < 4.78 is 25.6. The lowest BCUT2D eigenvalue weighted by Crippen LogP contribution is -2.58. The molecule has 9 aliphatic rings. The molecular weight excluding hydrogens is 604 g/mol. The number of hydrogen-bond acceptors (Lipinski definition) is 8. The molecule has 9 rings (SSSR count). The Kier molecular flexibility index (Phi) is 8.09. The fraction of sp³-hybridized carbons (Fsp3) is 1.00. The summed E-state index contributed by atoms with van der Waals surface area (Å²) in [5.41, 5.74) is 0.386. The molecular formula is C40H66N2O6. The molecule has 0 amide bonds. The number of piperidine rings is 1. The minimum absolute atomic E-state index is 0.101. The predicted octanol–water partition coefficient (Wildman–Crippen LogP) is 5.23. The van der Waals surface area contributed by atoms with Gasteiger partial charge < -0.3 is 29.2 Å². The molecule has 5 saturated carbocycles. The van der Waals surface area contributed by atoms with Crippen molar-refractivity contribution in [3.63, 3.8) is 0 Å². The van der Waals surface area contributed by atoms with Gasteiger partial charge in [0.15, 0.2) is 6.29 Å². The molecule has 8 nitrogen and oxygen atoms in total. The second kappa shape index (κ2) is 11.6. The van der Waals surface area contributed by atoms with E-state index in [0.717, 1.165) is 69.9 Å². The Hall–Kier alpha value is -0.320. The van der Waals surface area contributed by atoms with Gasteiger partial charge in [0.25, 0.3) is 0 Å². The lowest BCUT2D eigenvalue weighted by molar-refractivity contribution is -0.248. The predicted molar refractivity (Wildman–Crippen MR) is 183 cm³/mol. The first kappa shape index (κ1) is 33.5. The lowest BCUT2D eigenvalue weighted by Gasteiger charge is -2.60. The van der Waals surface area contributed by atoms with Crippen LogP contribution in [0.2, 0.25) is 0 Å². The minimum atomic E-state index is -1.13. The number of aliphatic hydroxyl groups excluding tert-OH is 1. The number of nitrogens with zero attached hydrogens (tertiary/aromatic N) is 2. The van der Waals surface area contributed by atoms with E-state index in [1.165, 1.54) is 70.9 Å². The largest absolute Gasteiger partial charge is 0.388 e. The van der Waals surface area contributed by atoms with Gasteiger partial charge in [-0.2, -0.15) is 0 Å². The quantitative estimate of drug-likeness (QED) is 0.398. The van der Waals surface area contributed by atoms with Crippen LogP contribution < -0.4 is 0 Å². The minimum Gasteiger partial charge on any atom is -0.388 e. The van der Waals surface area contributed by atoms with E-state index in [2.05, 4.69) is 30.6 Å². The molecule has 0 aromatic carbocycles. The van der Waals surface area contributed by atoms with E-state index in [-0.39, 0.29) is 30.0 Å². The van der Waals surface area contributed by atoms with Crippen molar-refractivity contribution >= 4 is 0 Å². The van der Waals surface area contributed by atoms with Crippen LogP contribution in [0.25, 0.3) is 0 Å². The highest BCUT2D eigenvalue weighted by atomic mass is 16.7. The number of aliphatic hydroxyl groups is 2. The van der Waals surface area contributed by atoms with Gasteiger partial charge in [-0.25, -0.2) is 0 Å². The van der Waals surface area contributed by atoms with Gasteiger partial charge in [-0.3, -0.25) is 9.80 Å². The van der Waals surface area contributed by atoms with Crippen molar-refractivity contribution in [2.24, 2.45) is 45.3 Å². The zero-order valence-electron chi connectivity index (χ0n) is 30.7. The molecule has 48 heavy (non-hydrogen) atoms. The maximum absolute atomic E-state index is 10.9. The first-order chi connectivity index (χ1) is 22.9. The average Bonchev–Trinajstić information content (AvgIpc) is 3.61. The van der Waals surface area contributed by atoms with E-state index in [1.807, 2.05) is 0 Å². The Bertz CT molecular complexity index is 1210. The van der Waals surface area contributed by atoms with Gasteiger partial charge in [0.2, 0.25) is 0 Å². The average molecular weight is 671 g/mol. The van der Waals surface area contributed by atoms with Crippen molar-refractivity contribution in [3.05, 3.63) is 0 Å². The highest BCUT2D eigenvalue weighted by molar-refractivity contribution is 5.29. The van der Waals surface area contributed by atoms with Crippen molar-refractivity contribution < 1.29 is 29.2 Å². The molecule has 4 saturated heterocycles. The zero-order valence-corrected chi connectivity index (χ0v) is 30.7.